The highest BCUT2D eigenvalue weighted by molar-refractivity contribution is 8.18. The Balaban J connectivity index is 1.65. The normalized spacial score (nSPS) is 14.4. The van der Waals surface area contributed by atoms with E-state index in [1.54, 1.807) is 30.3 Å². The molecule has 3 rings (SSSR count). The molecule has 10 heteroatoms. The number of carboxylic acids is 1. The van der Waals surface area contributed by atoms with Gasteiger partial charge in [0.15, 0.2) is 11.5 Å². The van der Waals surface area contributed by atoms with Crippen molar-refractivity contribution in [2.75, 3.05) is 25.6 Å². The lowest BCUT2D eigenvalue weighted by Crippen LogP contribution is -2.36. The van der Waals surface area contributed by atoms with Crippen LogP contribution in [0.1, 0.15) is 29.5 Å². The van der Waals surface area contributed by atoms with Gasteiger partial charge in [-0.25, -0.2) is 0 Å². The minimum absolute atomic E-state index is 0.000949. The summed E-state index contributed by atoms with van der Waals surface area (Å²) in [7, 11) is 1.46. The lowest BCUT2D eigenvalue weighted by molar-refractivity contribution is -0.137. The number of rotatable bonds is 10. The van der Waals surface area contributed by atoms with Crippen LogP contribution in [-0.4, -0.2) is 53.3 Å². The quantitative estimate of drug-likeness (QED) is 0.369. The van der Waals surface area contributed by atoms with Crippen LogP contribution in [0.4, 0.5) is 10.5 Å². The van der Waals surface area contributed by atoms with Gasteiger partial charge in [-0.3, -0.25) is 24.1 Å². The molecule has 0 radical (unpaired) electrons. The minimum atomic E-state index is -0.896. The van der Waals surface area contributed by atoms with Gasteiger partial charge in [0.25, 0.3) is 11.1 Å². The Morgan fingerprint density at radius 2 is 1.86 bits per heavy atom. The summed E-state index contributed by atoms with van der Waals surface area (Å²) in [4.78, 5) is 49.3. The Kier molecular flexibility index (Phi) is 8.53. The monoisotopic (exact) mass is 498 g/mol. The molecule has 1 aliphatic rings. The molecule has 0 bridgehead atoms. The van der Waals surface area contributed by atoms with Crippen LogP contribution in [0.25, 0.3) is 6.08 Å². The number of thioether (sulfide) groups is 1. The molecule has 35 heavy (non-hydrogen) atoms. The first kappa shape index (κ1) is 25.8. The van der Waals surface area contributed by atoms with E-state index >= 15 is 0 Å². The maximum atomic E-state index is 12.8. The molecule has 0 atom stereocenters. The molecule has 0 saturated carbocycles. The number of aryl methyl sites for hydroxylation is 2. The van der Waals surface area contributed by atoms with Gasteiger partial charge in [0.05, 0.1) is 18.6 Å². The van der Waals surface area contributed by atoms with Crippen molar-refractivity contribution in [3.05, 3.63) is 58.0 Å². The summed E-state index contributed by atoms with van der Waals surface area (Å²) >= 11 is 0.757. The molecule has 1 fully saturated rings. The molecule has 1 heterocycles. The standard InChI is InChI=1S/C25H26N2O7S/c1-15-6-8-18(11-16(15)2)26-22(28)14-27-24(31)21(35-25(27)32)13-17-7-9-19(20(12-17)33-3)34-10-4-5-23(29)30/h6-9,11-13H,4-5,10,14H2,1-3H3,(H,26,28)(H,29,30)/b21-13+. The number of imide groups is 1. The number of carbonyl (C=O) groups excluding carboxylic acids is 3. The van der Waals surface area contributed by atoms with E-state index in [4.69, 9.17) is 14.6 Å². The van der Waals surface area contributed by atoms with Crippen molar-refractivity contribution in [1.82, 2.24) is 4.90 Å². The number of hydrogen-bond donors (Lipinski definition) is 2. The highest BCUT2D eigenvalue weighted by atomic mass is 32.2. The van der Waals surface area contributed by atoms with E-state index < -0.39 is 23.0 Å². The lowest BCUT2D eigenvalue weighted by Gasteiger charge is -2.13. The SMILES string of the molecule is COc1cc(/C=C2/SC(=O)N(CC(=O)Nc3ccc(C)c(C)c3)C2=O)ccc1OCCCC(=O)O. The predicted octanol–water partition coefficient (Wildman–Crippen LogP) is 4.23. The Hall–Kier alpha value is -3.79. The van der Waals surface area contributed by atoms with Crippen molar-refractivity contribution in [3.8, 4) is 11.5 Å². The van der Waals surface area contributed by atoms with Crippen molar-refractivity contribution >= 4 is 46.5 Å². The van der Waals surface area contributed by atoms with Gasteiger partial charge in [-0.2, -0.15) is 0 Å². The number of methoxy groups -OCH3 is 1. The summed E-state index contributed by atoms with van der Waals surface area (Å²) in [6, 6.07) is 10.5. The van der Waals surface area contributed by atoms with Crippen molar-refractivity contribution < 1.29 is 33.8 Å². The zero-order chi connectivity index (χ0) is 25.5. The average molecular weight is 499 g/mol. The van der Waals surface area contributed by atoms with Gasteiger partial charge in [0.2, 0.25) is 5.91 Å². The van der Waals surface area contributed by atoms with E-state index in [0.717, 1.165) is 27.8 Å². The molecule has 1 aliphatic heterocycles. The van der Waals surface area contributed by atoms with Gasteiger partial charge in [-0.05, 0) is 79.1 Å². The number of anilines is 1. The van der Waals surface area contributed by atoms with Crippen molar-refractivity contribution in [2.45, 2.75) is 26.7 Å². The number of ether oxygens (including phenoxy) is 2. The maximum absolute atomic E-state index is 12.8. The maximum Gasteiger partial charge on any atom is 0.303 e. The van der Waals surface area contributed by atoms with Crippen molar-refractivity contribution in [1.29, 1.82) is 0 Å². The number of aliphatic carboxylic acids is 1. The predicted molar refractivity (Wildman–Crippen MR) is 133 cm³/mol. The van der Waals surface area contributed by atoms with E-state index in [2.05, 4.69) is 5.32 Å². The minimum Gasteiger partial charge on any atom is -0.493 e. The largest absolute Gasteiger partial charge is 0.493 e. The van der Waals surface area contributed by atoms with E-state index in [0.29, 0.717) is 29.2 Å². The van der Waals surface area contributed by atoms with Gasteiger partial charge in [0, 0.05) is 12.1 Å². The van der Waals surface area contributed by atoms with Gasteiger partial charge in [-0.15, -0.1) is 0 Å². The van der Waals surface area contributed by atoms with E-state index in [-0.39, 0.29) is 24.5 Å². The molecule has 0 unspecified atom stereocenters. The van der Waals surface area contributed by atoms with Crippen LogP contribution >= 0.6 is 11.8 Å². The van der Waals surface area contributed by atoms with Crippen LogP contribution in [0, 0.1) is 13.8 Å². The van der Waals surface area contributed by atoms with Crippen molar-refractivity contribution in [2.24, 2.45) is 0 Å². The summed E-state index contributed by atoms with van der Waals surface area (Å²) in [5, 5.41) is 10.9. The molecule has 2 aromatic carbocycles. The summed E-state index contributed by atoms with van der Waals surface area (Å²) in [6.45, 7) is 3.72. The summed E-state index contributed by atoms with van der Waals surface area (Å²) in [6.07, 6.45) is 1.90. The second-order valence-electron chi connectivity index (χ2n) is 7.87. The molecule has 2 N–H and O–H groups in total. The number of carboxylic acid groups (broad SMARTS) is 1. The Labute approximate surface area is 207 Å². The topological polar surface area (TPSA) is 122 Å². The summed E-state index contributed by atoms with van der Waals surface area (Å²) in [5.41, 5.74) is 3.31. The first-order valence-corrected chi connectivity index (χ1v) is 11.6. The first-order valence-electron chi connectivity index (χ1n) is 10.8. The first-order chi connectivity index (χ1) is 16.7. The fourth-order valence-electron chi connectivity index (χ4n) is 3.25. The third-order valence-electron chi connectivity index (χ3n) is 5.24. The van der Waals surface area contributed by atoms with Gasteiger partial charge >= 0.3 is 5.97 Å². The third-order valence-corrected chi connectivity index (χ3v) is 6.15. The van der Waals surface area contributed by atoms with Crippen LogP contribution < -0.4 is 14.8 Å². The number of benzene rings is 2. The zero-order valence-electron chi connectivity index (χ0n) is 19.6. The van der Waals surface area contributed by atoms with Crippen LogP contribution in [0.15, 0.2) is 41.3 Å². The number of amides is 3. The molecule has 0 spiro atoms. The molecule has 1 saturated heterocycles. The molecule has 9 nitrogen and oxygen atoms in total. The summed E-state index contributed by atoms with van der Waals surface area (Å²) < 4.78 is 10.9. The van der Waals surface area contributed by atoms with E-state index in [1.807, 2.05) is 26.0 Å². The van der Waals surface area contributed by atoms with Crippen LogP contribution in [0.5, 0.6) is 11.5 Å². The zero-order valence-corrected chi connectivity index (χ0v) is 20.4. The average Bonchev–Trinajstić information content (AvgIpc) is 3.06. The third kappa shape index (κ3) is 6.86. The van der Waals surface area contributed by atoms with Gasteiger partial charge in [0.1, 0.15) is 6.54 Å². The number of carbonyl (C=O) groups is 4. The fraction of sp³-hybridized carbons (Fsp3) is 0.280. The van der Waals surface area contributed by atoms with Crippen LogP contribution in [0.3, 0.4) is 0 Å². The molecule has 2 aromatic rings. The number of nitrogens with one attached hydrogen (secondary N) is 1. The summed E-state index contributed by atoms with van der Waals surface area (Å²) in [5.74, 6) is -1.08. The number of nitrogens with zero attached hydrogens (tertiary/aromatic N) is 1. The van der Waals surface area contributed by atoms with Gasteiger partial charge in [-0.1, -0.05) is 12.1 Å². The molecule has 0 aliphatic carbocycles. The smallest absolute Gasteiger partial charge is 0.303 e. The lowest BCUT2D eigenvalue weighted by atomic mass is 10.1. The van der Waals surface area contributed by atoms with Crippen LogP contribution in [0.2, 0.25) is 0 Å². The number of hydrogen-bond acceptors (Lipinski definition) is 7. The molecule has 184 valence electrons. The second kappa shape index (κ2) is 11.6. The molecule has 3 amide bonds. The van der Waals surface area contributed by atoms with Gasteiger partial charge < -0.3 is 19.9 Å². The van der Waals surface area contributed by atoms with E-state index in [1.165, 1.54) is 7.11 Å². The van der Waals surface area contributed by atoms with Crippen molar-refractivity contribution in [3.63, 3.8) is 0 Å². The molecule has 0 aromatic heterocycles. The Morgan fingerprint density at radius 3 is 2.54 bits per heavy atom. The molecular weight excluding hydrogens is 472 g/mol. The molecular formula is C25H26N2O7S. The van der Waals surface area contributed by atoms with Crippen LogP contribution in [-0.2, 0) is 14.4 Å². The second-order valence-corrected chi connectivity index (χ2v) is 8.86. The Morgan fingerprint density at radius 1 is 1.09 bits per heavy atom. The highest BCUT2D eigenvalue weighted by Crippen LogP contribution is 2.34. The van der Waals surface area contributed by atoms with E-state index in [9.17, 15) is 19.2 Å². The highest BCUT2D eigenvalue weighted by Gasteiger charge is 2.36. The fourth-order valence-corrected chi connectivity index (χ4v) is 4.09. The Bertz CT molecular complexity index is 1190.